The fraction of sp³-hybridized carbons (Fsp3) is 0.0870. The van der Waals surface area contributed by atoms with Gasteiger partial charge in [0.25, 0.3) is 0 Å². The number of hydrogen-bond donors (Lipinski definition) is 2. The zero-order chi connectivity index (χ0) is 22.0. The zero-order valence-corrected chi connectivity index (χ0v) is 16.3. The Balaban J connectivity index is 1.68. The first kappa shape index (κ1) is 20.2. The first-order valence-electron chi connectivity index (χ1n) is 9.38. The summed E-state index contributed by atoms with van der Waals surface area (Å²) >= 11 is 0. The number of carboxylic acids is 1. The van der Waals surface area contributed by atoms with Gasteiger partial charge in [0.2, 0.25) is 5.88 Å². The van der Waals surface area contributed by atoms with Crippen molar-refractivity contribution in [2.75, 3.05) is 5.32 Å². The molecule has 31 heavy (non-hydrogen) atoms. The molecule has 1 atom stereocenters. The van der Waals surface area contributed by atoms with Gasteiger partial charge in [-0.3, -0.25) is 0 Å². The molecule has 0 aliphatic heterocycles. The van der Waals surface area contributed by atoms with Gasteiger partial charge < -0.3 is 15.2 Å². The topological polar surface area (TPSA) is 84.3 Å². The lowest BCUT2D eigenvalue weighted by Gasteiger charge is -2.18. The summed E-state index contributed by atoms with van der Waals surface area (Å²) in [6.45, 7) is 1.90. The van der Waals surface area contributed by atoms with Crippen molar-refractivity contribution in [1.82, 2.24) is 9.97 Å². The van der Waals surface area contributed by atoms with Gasteiger partial charge in [0, 0.05) is 36.6 Å². The molecule has 0 spiro atoms. The quantitative estimate of drug-likeness (QED) is 0.423. The molecular formula is C23H17F2N3O3. The normalized spacial score (nSPS) is 11.8. The minimum atomic E-state index is -0.996. The van der Waals surface area contributed by atoms with Crippen LogP contribution in [0, 0.1) is 11.6 Å². The van der Waals surface area contributed by atoms with Crippen molar-refractivity contribution >= 4 is 22.6 Å². The highest BCUT2D eigenvalue weighted by Gasteiger charge is 2.15. The number of nitrogens with zero attached hydrogens (tertiary/aromatic N) is 2. The third kappa shape index (κ3) is 4.42. The smallest absolute Gasteiger partial charge is 0.335 e. The number of carbonyl (C=O) groups is 1. The fourth-order valence-corrected chi connectivity index (χ4v) is 3.18. The molecule has 4 rings (SSSR count). The number of anilines is 1. The first-order valence-corrected chi connectivity index (χ1v) is 9.38. The van der Waals surface area contributed by atoms with Gasteiger partial charge in [0.1, 0.15) is 23.2 Å². The van der Waals surface area contributed by atoms with Crippen molar-refractivity contribution in [3.63, 3.8) is 0 Å². The van der Waals surface area contributed by atoms with Gasteiger partial charge in [0.05, 0.1) is 10.9 Å². The Bertz CT molecular complexity index is 1240. The fourth-order valence-electron chi connectivity index (χ4n) is 3.18. The van der Waals surface area contributed by atoms with Crippen LogP contribution in [0.15, 0.2) is 67.0 Å². The Morgan fingerprint density at radius 1 is 1.00 bits per heavy atom. The average Bonchev–Trinajstić information content (AvgIpc) is 2.73. The van der Waals surface area contributed by atoms with Crippen LogP contribution in [0.2, 0.25) is 0 Å². The third-order valence-electron chi connectivity index (χ3n) is 4.70. The predicted octanol–water partition coefficient (Wildman–Crippen LogP) is 5.57. The lowest BCUT2D eigenvalue weighted by atomic mass is 10.1. The Morgan fingerprint density at radius 3 is 2.29 bits per heavy atom. The minimum Gasteiger partial charge on any atom is -0.478 e. The summed E-state index contributed by atoms with van der Waals surface area (Å²) in [5, 5.41) is 13.6. The third-order valence-corrected chi connectivity index (χ3v) is 4.70. The molecule has 8 heteroatoms. The van der Waals surface area contributed by atoms with Crippen LogP contribution in [0.3, 0.4) is 0 Å². The Kier molecular flexibility index (Phi) is 5.44. The molecule has 2 N–H and O–H groups in total. The number of halogens is 2. The van der Waals surface area contributed by atoms with Crippen LogP contribution in [0.4, 0.5) is 14.6 Å². The molecule has 0 aliphatic carbocycles. The van der Waals surface area contributed by atoms with E-state index in [9.17, 15) is 13.6 Å². The van der Waals surface area contributed by atoms with E-state index in [4.69, 9.17) is 9.84 Å². The molecule has 0 aliphatic rings. The van der Waals surface area contributed by atoms with Crippen LogP contribution in [0.25, 0.3) is 10.8 Å². The molecule has 0 bridgehead atoms. The van der Waals surface area contributed by atoms with Gasteiger partial charge >= 0.3 is 5.97 Å². The highest BCUT2D eigenvalue weighted by molar-refractivity contribution is 5.96. The number of pyridine rings is 2. The van der Waals surface area contributed by atoms with Crippen LogP contribution in [-0.2, 0) is 0 Å². The Morgan fingerprint density at radius 2 is 1.65 bits per heavy atom. The number of benzene rings is 2. The van der Waals surface area contributed by atoms with Crippen LogP contribution in [0.5, 0.6) is 11.6 Å². The van der Waals surface area contributed by atoms with Crippen LogP contribution in [0.1, 0.15) is 28.9 Å². The molecule has 2 aromatic heterocycles. The molecule has 0 saturated carbocycles. The molecule has 156 valence electrons. The summed E-state index contributed by atoms with van der Waals surface area (Å²) in [4.78, 5) is 19.7. The molecule has 2 heterocycles. The number of aromatic carboxylic acids is 1. The van der Waals surface area contributed by atoms with Gasteiger partial charge in [-0.05, 0) is 42.1 Å². The van der Waals surface area contributed by atoms with Gasteiger partial charge in [-0.2, -0.15) is 0 Å². The van der Waals surface area contributed by atoms with Gasteiger partial charge in [-0.1, -0.05) is 12.1 Å². The standard InChI is InChI=1S/C23H17F2N3O3/c1-13(14-2-4-16(5-3-14)23(29)30)28-21-20-15(6-8-26-21)7-9-27-22(20)31-19-11-17(24)10-18(25)12-19/h2-13H,1H3,(H,26,28)(H,29,30)/t13-/m0/s1. The highest BCUT2D eigenvalue weighted by atomic mass is 19.1. The largest absolute Gasteiger partial charge is 0.478 e. The van der Waals surface area contributed by atoms with Gasteiger partial charge in [-0.25, -0.2) is 23.5 Å². The monoisotopic (exact) mass is 421 g/mol. The summed E-state index contributed by atoms with van der Waals surface area (Å²) in [5.74, 6) is -1.93. The van der Waals surface area contributed by atoms with Crippen molar-refractivity contribution < 1.29 is 23.4 Å². The van der Waals surface area contributed by atoms with Crippen molar-refractivity contribution in [3.05, 3.63) is 89.8 Å². The summed E-state index contributed by atoms with van der Waals surface area (Å²) in [5.41, 5.74) is 1.05. The number of nitrogens with one attached hydrogen (secondary N) is 1. The summed E-state index contributed by atoms with van der Waals surface area (Å²) in [6.07, 6.45) is 3.15. The van der Waals surface area contributed by atoms with E-state index in [1.807, 2.05) is 6.92 Å². The second-order valence-corrected chi connectivity index (χ2v) is 6.87. The number of ether oxygens (including phenoxy) is 1. The number of hydrogen-bond acceptors (Lipinski definition) is 5. The van der Waals surface area contributed by atoms with E-state index in [2.05, 4.69) is 15.3 Å². The summed E-state index contributed by atoms with van der Waals surface area (Å²) in [7, 11) is 0. The minimum absolute atomic E-state index is 0.0235. The average molecular weight is 421 g/mol. The second-order valence-electron chi connectivity index (χ2n) is 6.87. The van der Waals surface area contributed by atoms with E-state index in [-0.39, 0.29) is 23.2 Å². The molecule has 4 aromatic rings. The van der Waals surface area contributed by atoms with E-state index in [1.54, 1.807) is 30.5 Å². The summed E-state index contributed by atoms with van der Waals surface area (Å²) < 4.78 is 32.8. The Hall–Kier alpha value is -4.07. The highest BCUT2D eigenvalue weighted by Crippen LogP contribution is 2.34. The molecule has 0 amide bonds. The van der Waals surface area contributed by atoms with Crippen LogP contribution >= 0.6 is 0 Å². The molecule has 0 unspecified atom stereocenters. The maximum Gasteiger partial charge on any atom is 0.335 e. The molecule has 2 aromatic carbocycles. The Labute approximate surface area is 176 Å². The number of aromatic nitrogens is 2. The molecule has 6 nitrogen and oxygen atoms in total. The van der Waals surface area contributed by atoms with Crippen molar-refractivity contribution in [2.45, 2.75) is 13.0 Å². The lowest BCUT2D eigenvalue weighted by Crippen LogP contribution is -2.09. The summed E-state index contributed by atoms with van der Waals surface area (Å²) in [6, 6.07) is 12.7. The first-order chi connectivity index (χ1) is 14.9. The van der Waals surface area contributed by atoms with E-state index >= 15 is 0 Å². The maximum absolute atomic E-state index is 13.6. The van der Waals surface area contributed by atoms with Crippen molar-refractivity contribution in [3.8, 4) is 11.6 Å². The molecular weight excluding hydrogens is 404 g/mol. The maximum atomic E-state index is 13.6. The van der Waals surface area contributed by atoms with Crippen molar-refractivity contribution in [2.24, 2.45) is 0 Å². The second kappa shape index (κ2) is 8.35. The SMILES string of the molecule is C[C@H](Nc1nccc2ccnc(Oc3cc(F)cc(F)c3)c12)c1ccc(C(=O)O)cc1. The predicted molar refractivity (Wildman–Crippen MR) is 111 cm³/mol. The van der Waals surface area contributed by atoms with Gasteiger partial charge in [0.15, 0.2) is 0 Å². The number of rotatable bonds is 6. The number of carboxylic acid groups (broad SMARTS) is 1. The van der Waals surface area contributed by atoms with Crippen LogP contribution < -0.4 is 10.1 Å². The van der Waals surface area contributed by atoms with E-state index in [0.717, 1.165) is 29.1 Å². The molecule has 0 radical (unpaired) electrons. The number of fused-ring (bicyclic) bond motifs is 1. The van der Waals surface area contributed by atoms with Gasteiger partial charge in [-0.15, -0.1) is 0 Å². The van der Waals surface area contributed by atoms with E-state index < -0.39 is 17.6 Å². The molecule has 0 fully saturated rings. The van der Waals surface area contributed by atoms with E-state index in [0.29, 0.717) is 11.2 Å². The zero-order valence-electron chi connectivity index (χ0n) is 16.3. The lowest BCUT2D eigenvalue weighted by molar-refractivity contribution is 0.0697. The van der Waals surface area contributed by atoms with Crippen molar-refractivity contribution in [1.29, 1.82) is 0 Å². The molecule has 0 saturated heterocycles. The van der Waals surface area contributed by atoms with Crippen LogP contribution in [-0.4, -0.2) is 21.0 Å². The van der Waals surface area contributed by atoms with E-state index in [1.165, 1.54) is 18.3 Å².